The maximum atomic E-state index is 11.5. The Morgan fingerprint density at radius 1 is 0.811 bits per heavy atom. The summed E-state index contributed by atoms with van der Waals surface area (Å²) in [5.74, 6) is -0.0393. The van der Waals surface area contributed by atoms with Crippen molar-refractivity contribution < 1.29 is 4.79 Å². The average molecular weight is 517 g/mol. The molecule has 0 aliphatic carbocycles. The minimum absolute atomic E-state index is 0. The number of para-hydroxylation sites is 1. The van der Waals surface area contributed by atoms with Crippen LogP contribution in [-0.2, 0) is 11.3 Å². The SMILES string of the molecule is CC(=O)Nc1ccc2c(c1)c1ccccc1n2CCCCN1CCN(C/C=C/c2ccccc2)CC1.Cl. The van der Waals surface area contributed by atoms with Crippen LogP contribution in [0.25, 0.3) is 27.9 Å². The summed E-state index contributed by atoms with van der Waals surface area (Å²) in [6, 6.07) is 25.4. The summed E-state index contributed by atoms with van der Waals surface area (Å²) in [5.41, 5.74) is 4.63. The van der Waals surface area contributed by atoms with E-state index in [0.29, 0.717) is 0 Å². The maximum absolute atomic E-state index is 11.5. The van der Waals surface area contributed by atoms with Crippen LogP contribution in [0.1, 0.15) is 25.3 Å². The number of carbonyl (C=O) groups is 1. The first-order valence-electron chi connectivity index (χ1n) is 13.1. The molecule has 5 nitrogen and oxygen atoms in total. The fourth-order valence-corrected chi connectivity index (χ4v) is 5.28. The Kier molecular flexibility index (Phi) is 9.40. The first kappa shape index (κ1) is 26.9. The van der Waals surface area contributed by atoms with Gasteiger partial charge in [0.1, 0.15) is 0 Å². The van der Waals surface area contributed by atoms with Gasteiger partial charge in [-0.05, 0) is 49.2 Å². The van der Waals surface area contributed by atoms with Crippen LogP contribution in [0.2, 0.25) is 0 Å². The minimum atomic E-state index is -0.0393. The Hall–Kier alpha value is -3.12. The van der Waals surface area contributed by atoms with Gasteiger partial charge in [0.25, 0.3) is 0 Å². The first-order chi connectivity index (χ1) is 17.7. The van der Waals surface area contributed by atoms with Crippen molar-refractivity contribution in [1.82, 2.24) is 14.4 Å². The van der Waals surface area contributed by atoms with Crippen LogP contribution >= 0.6 is 12.4 Å². The van der Waals surface area contributed by atoms with E-state index in [4.69, 9.17) is 0 Å². The maximum Gasteiger partial charge on any atom is 0.221 e. The molecule has 1 N–H and O–H groups in total. The van der Waals surface area contributed by atoms with Crippen LogP contribution in [0.15, 0.2) is 78.9 Å². The smallest absolute Gasteiger partial charge is 0.221 e. The van der Waals surface area contributed by atoms with Gasteiger partial charge in [0.15, 0.2) is 0 Å². The molecule has 0 unspecified atom stereocenters. The van der Waals surface area contributed by atoms with Gasteiger partial charge >= 0.3 is 0 Å². The molecule has 1 saturated heterocycles. The zero-order chi connectivity index (χ0) is 24.7. The summed E-state index contributed by atoms with van der Waals surface area (Å²) in [5, 5.41) is 5.37. The fraction of sp³-hybridized carbons (Fsp3) is 0.323. The molecule has 4 aromatic rings. The van der Waals surface area contributed by atoms with Gasteiger partial charge in [0.2, 0.25) is 5.91 Å². The molecule has 0 spiro atoms. The number of hydrogen-bond donors (Lipinski definition) is 1. The largest absolute Gasteiger partial charge is 0.340 e. The number of hydrogen-bond acceptors (Lipinski definition) is 3. The van der Waals surface area contributed by atoms with Crippen molar-refractivity contribution in [2.45, 2.75) is 26.3 Å². The van der Waals surface area contributed by atoms with Gasteiger partial charge in [0.05, 0.1) is 0 Å². The lowest BCUT2D eigenvalue weighted by atomic mass is 10.1. The summed E-state index contributed by atoms with van der Waals surface area (Å²) < 4.78 is 2.44. The van der Waals surface area contributed by atoms with E-state index < -0.39 is 0 Å². The van der Waals surface area contributed by atoms with E-state index >= 15 is 0 Å². The number of nitrogens with one attached hydrogen (secondary N) is 1. The van der Waals surface area contributed by atoms with Gasteiger partial charge in [-0.25, -0.2) is 0 Å². The lowest BCUT2D eigenvalue weighted by Crippen LogP contribution is -2.46. The molecular weight excluding hydrogens is 480 g/mol. The number of nitrogens with zero attached hydrogens (tertiary/aromatic N) is 3. The number of fused-ring (bicyclic) bond motifs is 3. The molecule has 37 heavy (non-hydrogen) atoms. The van der Waals surface area contributed by atoms with Crippen LogP contribution in [-0.4, -0.2) is 59.5 Å². The second-order valence-electron chi connectivity index (χ2n) is 9.74. The van der Waals surface area contributed by atoms with Gasteiger partial charge in [-0.1, -0.05) is 60.7 Å². The molecule has 1 aliphatic rings. The molecule has 3 aromatic carbocycles. The molecule has 2 heterocycles. The molecule has 1 amide bonds. The van der Waals surface area contributed by atoms with Gasteiger partial charge in [0, 0.05) is 73.7 Å². The number of rotatable bonds is 9. The first-order valence-corrected chi connectivity index (χ1v) is 13.1. The normalized spacial score (nSPS) is 14.8. The standard InChI is InChI=1S/C31H36N4O.ClH/c1-25(36)32-27-15-16-31-29(24-27)28-13-5-6-14-30(28)35(31)19-8-7-17-33-20-22-34(23-21-33)18-9-12-26-10-3-2-4-11-26;/h2-6,9-16,24H,7-8,17-23H2,1H3,(H,32,36);1H/b12-9+;. The van der Waals surface area contributed by atoms with Crippen molar-refractivity contribution in [2.24, 2.45) is 0 Å². The third-order valence-electron chi connectivity index (χ3n) is 7.14. The number of amides is 1. The number of benzene rings is 3. The number of halogens is 1. The van der Waals surface area contributed by atoms with Crippen molar-refractivity contribution in [3.05, 3.63) is 84.4 Å². The highest BCUT2D eigenvalue weighted by atomic mass is 35.5. The molecule has 0 saturated carbocycles. The van der Waals surface area contributed by atoms with E-state index in [9.17, 15) is 4.79 Å². The van der Waals surface area contributed by atoms with E-state index in [1.807, 2.05) is 6.07 Å². The second-order valence-corrected chi connectivity index (χ2v) is 9.74. The molecule has 6 heteroatoms. The highest BCUT2D eigenvalue weighted by Crippen LogP contribution is 2.31. The van der Waals surface area contributed by atoms with Crippen molar-refractivity contribution in [1.29, 1.82) is 0 Å². The Morgan fingerprint density at radius 2 is 1.49 bits per heavy atom. The summed E-state index contributed by atoms with van der Waals surface area (Å²) >= 11 is 0. The Bertz CT molecular complexity index is 1340. The monoisotopic (exact) mass is 516 g/mol. The molecule has 0 radical (unpaired) electrons. The van der Waals surface area contributed by atoms with Crippen molar-refractivity contribution in [3.63, 3.8) is 0 Å². The molecule has 1 aliphatic heterocycles. The Labute approximate surface area is 226 Å². The summed E-state index contributed by atoms with van der Waals surface area (Å²) in [6.07, 6.45) is 6.87. The third kappa shape index (κ3) is 6.80. The Morgan fingerprint density at radius 3 is 2.27 bits per heavy atom. The number of aryl methyl sites for hydroxylation is 1. The van der Waals surface area contributed by atoms with Crippen molar-refractivity contribution >= 4 is 51.9 Å². The lowest BCUT2D eigenvalue weighted by Gasteiger charge is -2.34. The van der Waals surface area contributed by atoms with Crippen molar-refractivity contribution in [3.8, 4) is 0 Å². The van der Waals surface area contributed by atoms with Crippen LogP contribution in [0.4, 0.5) is 5.69 Å². The number of anilines is 1. The van der Waals surface area contributed by atoms with Crippen LogP contribution in [0, 0.1) is 0 Å². The summed E-state index contributed by atoms with van der Waals surface area (Å²) in [4.78, 5) is 16.7. The van der Waals surface area contributed by atoms with E-state index in [0.717, 1.165) is 57.9 Å². The van der Waals surface area contributed by atoms with Gasteiger partial charge in [-0.3, -0.25) is 9.69 Å². The zero-order valence-electron chi connectivity index (χ0n) is 21.6. The third-order valence-corrected chi connectivity index (χ3v) is 7.14. The molecule has 0 bridgehead atoms. The predicted molar refractivity (Wildman–Crippen MR) is 159 cm³/mol. The molecule has 194 valence electrons. The molecular formula is C31H37ClN4O. The summed E-state index contributed by atoms with van der Waals surface area (Å²) in [6.45, 7) is 9.34. The van der Waals surface area contributed by atoms with E-state index in [1.165, 1.54) is 33.8 Å². The lowest BCUT2D eigenvalue weighted by molar-refractivity contribution is -0.114. The molecule has 5 rings (SSSR count). The van der Waals surface area contributed by atoms with Gasteiger partial charge in [-0.2, -0.15) is 0 Å². The molecule has 1 fully saturated rings. The number of unbranched alkanes of at least 4 members (excludes halogenated alkanes) is 1. The number of piperazine rings is 1. The fourth-order valence-electron chi connectivity index (χ4n) is 5.28. The van der Waals surface area contributed by atoms with Crippen LogP contribution in [0.3, 0.4) is 0 Å². The van der Waals surface area contributed by atoms with Crippen LogP contribution < -0.4 is 5.32 Å². The zero-order valence-corrected chi connectivity index (χ0v) is 22.4. The molecule has 1 aromatic heterocycles. The average Bonchev–Trinajstić information content (AvgIpc) is 3.21. The van der Waals surface area contributed by atoms with E-state index in [-0.39, 0.29) is 18.3 Å². The highest BCUT2D eigenvalue weighted by Gasteiger charge is 2.16. The minimum Gasteiger partial charge on any atom is -0.340 e. The Balaban J connectivity index is 0.00000320. The number of aromatic nitrogens is 1. The highest BCUT2D eigenvalue weighted by molar-refractivity contribution is 6.09. The summed E-state index contributed by atoms with van der Waals surface area (Å²) in [7, 11) is 0. The second kappa shape index (κ2) is 12.9. The van der Waals surface area contributed by atoms with E-state index in [1.54, 1.807) is 6.92 Å². The molecule has 0 atom stereocenters. The quantitative estimate of drug-likeness (QED) is 0.266. The van der Waals surface area contributed by atoms with E-state index in [2.05, 4.69) is 98.6 Å². The van der Waals surface area contributed by atoms with Crippen molar-refractivity contribution in [2.75, 3.05) is 44.6 Å². The van der Waals surface area contributed by atoms with Gasteiger partial charge in [-0.15, -0.1) is 12.4 Å². The predicted octanol–water partition coefficient (Wildman–Crippen LogP) is 6.29. The topological polar surface area (TPSA) is 40.5 Å². The van der Waals surface area contributed by atoms with Crippen LogP contribution in [0.5, 0.6) is 0 Å². The number of carbonyl (C=O) groups excluding carboxylic acids is 1. The van der Waals surface area contributed by atoms with Gasteiger partial charge < -0.3 is 14.8 Å².